The van der Waals surface area contributed by atoms with Crippen LogP contribution in [-0.2, 0) is 4.74 Å². The summed E-state index contributed by atoms with van der Waals surface area (Å²) >= 11 is 0. The molecule has 23 heavy (non-hydrogen) atoms. The van der Waals surface area contributed by atoms with E-state index in [0.717, 1.165) is 11.1 Å². The number of ether oxygens (including phenoxy) is 1. The summed E-state index contributed by atoms with van der Waals surface area (Å²) in [6, 6.07) is 0. The highest BCUT2D eigenvalue weighted by atomic mass is 16.5. The van der Waals surface area contributed by atoms with Crippen LogP contribution in [0.15, 0.2) is 35.8 Å². The Morgan fingerprint density at radius 3 is 2.74 bits per heavy atom. The van der Waals surface area contributed by atoms with E-state index >= 15 is 0 Å². The molecule has 1 rings (SSSR count). The van der Waals surface area contributed by atoms with Crippen LogP contribution >= 0.6 is 0 Å². The molecule has 0 fully saturated rings. The van der Waals surface area contributed by atoms with Crippen LogP contribution in [0.25, 0.3) is 0 Å². The first-order chi connectivity index (χ1) is 10.8. The molecule has 132 valence electrons. The van der Waals surface area contributed by atoms with E-state index in [2.05, 4.69) is 12.7 Å². The Bertz CT molecular complexity index is 458. The third-order valence-electron chi connectivity index (χ3n) is 4.46. The van der Waals surface area contributed by atoms with Crippen LogP contribution in [0.4, 0.5) is 0 Å². The van der Waals surface area contributed by atoms with E-state index in [-0.39, 0.29) is 17.8 Å². The van der Waals surface area contributed by atoms with Gasteiger partial charge in [-0.3, -0.25) is 0 Å². The number of nitrogens with two attached hydrogens (primary N) is 1. The van der Waals surface area contributed by atoms with Crippen molar-refractivity contribution in [2.24, 2.45) is 23.5 Å². The van der Waals surface area contributed by atoms with Crippen molar-refractivity contribution in [3.8, 4) is 0 Å². The van der Waals surface area contributed by atoms with E-state index in [1.807, 2.05) is 20.8 Å². The summed E-state index contributed by atoms with van der Waals surface area (Å²) in [6.07, 6.45) is 3.04. The van der Waals surface area contributed by atoms with Gasteiger partial charge in [-0.25, -0.2) is 0 Å². The topological polar surface area (TPSA) is 95.9 Å². The average Bonchev–Trinajstić information content (AvgIpc) is 2.48. The van der Waals surface area contributed by atoms with Crippen molar-refractivity contribution in [3.63, 3.8) is 0 Å². The number of aliphatic hydroxyl groups is 3. The zero-order valence-electron chi connectivity index (χ0n) is 14.4. The molecule has 0 aromatic carbocycles. The van der Waals surface area contributed by atoms with Crippen molar-refractivity contribution >= 4 is 0 Å². The van der Waals surface area contributed by atoms with Crippen LogP contribution in [-0.4, -0.2) is 40.7 Å². The molecule has 5 nitrogen and oxygen atoms in total. The van der Waals surface area contributed by atoms with Gasteiger partial charge in [0.2, 0.25) is 0 Å². The van der Waals surface area contributed by atoms with Gasteiger partial charge >= 0.3 is 0 Å². The maximum absolute atomic E-state index is 10.3. The fraction of sp³-hybridized carbons (Fsp3) is 0.667. The van der Waals surface area contributed by atoms with E-state index in [1.54, 1.807) is 6.26 Å². The van der Waals surface area contributed by atoms with E-state index < -0.39 is 18.8 Å². The zero-order valence-corrected chi connectivity index (χ0v) is 14.4. The minimum atomic E-state index is -1.11. The van der Waals surface area contributed by atoms with Crippen molar-refractivity contribution in [2.45, 2.75) is 45.8 Å². The molecular formula is C18H31NO4. The second-order valence-corrected chi connectivity index (χ2v) is 6.81. The SMILES string of the molecule is C=C(C)CO/C=C(\N)C[C@@H]1C=C(C)CC([C@H](O)[C@H](O)CO)[C@@H]1C. The molecule has 0 amide bonds. The van der Waals surface area contributed by atoms with Gasteiger partial charge in [0, 0.05) is 5.70 Å². The van der Waals surface area contributed by atoms with Crippen molar-refractivity contribution in [3.05, 3.63) is 35.8 Å². The molecule has 1 unspecified atom stereocenters. The van der Waals surface area contributed by atoms with Crippen LogP contribution in [0.1, 0.15) is 33.6 Å². The van der Waals surface area contributed by atoms with E-state index in [9.17, 15) is 10.2 Å². The third-order valence-corrected chi connectivity index (χ3v) is 4.46. The van der Waals surface area contributed by atoms with Gasteiger partial charge in [0.15, 0.2) is 0 Å². The highest BCUT2D eigenvalue weighted by Crippen LogP contribution is 2.38. The molecule has 0 aromatic rings. The monoisotopic (exact) mass is 325 g/mol. The van der Waals surface area contributed by atoms with Gasteiger partial charge in [-0.05, 0) is 50.0 Å². The molecule has 0 spiro atoms. The van der Waals surface area contributed by atoms with Crippen LogP contribution in [0.5, 0.6) is 0 Å². The number of hydrogen-bond donors (Lipinski definition) is 4. The molecule has 0 saturated heterocycles. The smallest absolute Gasteiger partial charge is 0.108 e. The minimum Gasteiger partial charge on any atom is -0.495 e. The Morgan fingerprint density at radius 2 is 2.17 bits per heavy atom. The van der Waals surface area contributed by atoms with E-state index in [1.165, 1.54) is 0 Å². The van der Waals surface area contributed by atoms with Crippen LogP contribution in [0.2, 0.25) is 0 Å². The normalized spacial score (nSPS) is 28.0. The van der Waals surface area contributed by atoms with Gasteiger partial charge < -0.3 is 25.8 Å². The third kappa shape index (κ3) is 6.01. The molecule has 0 aliphatic heterocycles. The quantitative estimate of drug-likeness (QED) is 0.402. The number of rotatable bonds is 8. The maximum Gasteiger partial charge on any atom is 0.108 e. The van der Waals surface area contributed by atoms with E-state index in [0.29, 0.717) is 25.1 Å². The summed E-state index contributed by atoms with van der Waals surface area (Å²) in [7, 11) is 0. The average molecular weight is 325 g/mol. The van der Waals surface area contributed by atoms with Gasteiger partial charge in [-0.15, -0.1) is 0 Å². The second-order valence-electron chi connectivity index (χ2n) is 6.81. The summed E-state index contributed by atoms with van der Waals surface area (Å²) in [4.78, 5) is 0. The number of hydrogen-bond acceptors (Lipinski definition) is 5. The van der Waals surface area contributed by atoms with Gasteiger partial charge in [0.05, 0.1) is 12.7 Å². The predicted octanol–water partition coefficient (Wildman–Crippen LogP) is 1.70. The first-order valence-corrected chi connectivity index (χ1v) is 8.11. The second kappa shape index (κ2) is 9.11. The molecule has 1 aliphatic carbocycles. The van der Waals surface area contributed by atoms with Gasteiger partial charge in [-0.1, -0.05) is 25.2 Å². The van der Waals surface area contributed by atoms with Crippen molar-refractivity contribution < 1.29 is 20.1 Å². The maximum atomic E-state index is 10.3. The molecule has 5 heteroatoms. The van der Waals surface area contributed by atoms with Gasteiger partial charge in [0.1, 0.15) is 19.0 Å². The van der Waals surface area contributed by atoms with Crippen molar-refractivity contribution in [2.75, 3.05) is 13.2 Å². The number of allylic oxidation sites excluding steroid dienone is 3. The Hall–Kier alpha value is -1.30. The lowest BCUT2D eigenvalue weighted by Gasteiger charge is -2.38. The molecule has 1 aliphatic rings. The van der Waals surface area contributed by atoms with Crippen LogP contribution in [0, 0.1) is 17.8 Å². The Morgan fingerprint density at radius 1 is 1.52 bits per heavy atom. The van der Waals surface area contributed by atoms with Gasteiger partial charge in [0.25, 0.3) is 0 Å². The largest absolute Gasteiger partial charge is 0.495 e. The number of aliphatic hydroxyl groups excluding tert-OH is 3. The Kier molecular flexibility index (Phi) is 7.82. The zero-order chi connectivity index (χ0) is 17.6. The van der Waals surface area contributed by atoms with Crippen molar-refractivity contribution in [1.82, 2.24) is 0 Å². The summed E-state index contributed by atoms with van der Waals surface area (Å²) in [5.74, 6) is 0.207. The fourth-order valence-corrected chi connectivity index (χ4v) is 3.14. The lowest BCUT2D eigenvalue weighted by Crippen LogP contribution is -2.42. The lowest BCUT2D eigenvalue weighted by atomic mass is 9.70. The van der Waals surface area contributed by atoms with Crippen LogP contribution in [0.3, 0.4) is 0 Å². The molecule has 5 N–H and O–H groups in total. The summed E-state index contributed by atoms with van der Waals surface area (Å²) in [6.45, 7) is 9.73. The lowest BCUT2D eigenvalue weighted by molar-refractivity contribution is -0.0607. The first kappa shape index (κ1) is 19.7. The molecule has 0 bridgehead atoms. The summed E-state index contributed by atoms with van der Waals surface area (Å²) < 4.78 is 5.36. The van der Waals surface area contributed by atoms with Gasteiger partial charge in [-0.2, -0.15) is 0 Å². The first-order valence-electron chi connectivity index (χ1n) is 8.11. The molecular weight excluding hydrogens is 294 g/mol. The highest BCUT2D eigenvalue weighted by Gasteiger charge is 2.36. The molecule has 0 heterocycles. The molecule has 0 saturated carbocycles. The van der Waals surface area contributed by atoms with Crippen molar-refractivity contribution in [1.29, 1.82) is 0 Å². The molecule has 5 atom stereocenters. The molecule has 0 aromatic heterocycles. The predicted molar refractivity (Wildman–Crippen MR) is 91.3 cm³/mol. The highest BCUT2D eigenvalue weighted by molar-refractivity contribution is 5.13. The Labute approximate surface area is 139 Å². The minimum absolute atomic E-state index is 0.101. The standard InChI is InChI=1S/C18H31NO4/c1-11(2)9-23-10-15(19)7-14-5-12(3)6-16(13(14)4)18(22)17(21)8-20/h5,10,13-14,16-18,20-22H,1,6-9,19H2,2-4H3/b15-10-/t13-,14+,16?,17-,18+/m1/s1. The Balaban J connectivity index is 2.74. The summed E-state index contributed by atoms with van der Waals surface area (Å²) in [5, 5.41) is 29.1. The van der Waals surface area contributed by atoms with E-state index in [4.69, 9.17) is 15.6 Å². The summed E-state index contributed by atoms with van der Waals surface area (Å²) in [5.41, 5.74) is 8.77. The fourth-order valence-electron chi connectivity index (χ4n) is 3.14. The van der Waals surface area contributed by atoms with Crippen LogP contribution < -0.4 is 5.73 Å². The molecule has 0 radical (unpaired) electrons.